The molecule has 1 aromatic carbocycles. The fourth-order valence-electron chi connectivity index (χ4n) is 2.29. The average Bonchev–Trinajstić information content (AvgIpc) is 2.84. The lowest BCUT2D eigenvalue weighted by molar-refractivity contribution is -0.131. The highest BCUT2D eigenvalue weighted by Crippen LogP contribution is 2.16. The smallest absolute Gasteiger partial charge is 0.328 e. The third kappa shape index (κ3) is 3.94. The van der Waals surface area contributed by atoms with Crippen LogP contribution in [0.4, 0.5) is 0 Å². The summed E-state index contributed by atoms with van der Waals surface area (Å²) in [5.41, 5.74) is 2.04. The minimum absolute atomic E-state index is 0.413. The summed E-state index contributed by atoms with van der Waals surface area (Å²) in [5, 5.41) is 11.1. The fourth-order valence-corrected chi connectivity index (χ4v) is 2.29. The van der Waals surface area contributed by atoms with E-state index in [4.69, 9.17) is 5.11 Å². The van der Waals surface area contributed by atoms with Crippen molar-refractivity contribution in [1.82, 2.24) is 14.9 Å². The molecule has 6 heteroatoms. The number of hydrogen-bond acceptors (Lipinski definition) is 3. The number of benzene rings is 1. The fraction of sp³-hybridized carbons (Fsp3) is 0.312. The summed E-state index contributed by atoms with van der Waals surface area (Å²) < 4.78 is 2.16. The molecule has 1 aromatic heterocycles. The van der Waals surface area contributed by atoms with Gasteiger partial charge < -0.3 is 15.0 Å². The van der Waals surface area contributed by atoms with Gasteiger partial charge in [-0.25, -0.2) is 9.78 Å². The monoisotopic (exact) mass is 301 g/mol. The van der Waals surface area contributed by atoms with Gasteiger partial charge in [0.15, 0.2) is 0 Å². The van der Waals surface area contributed by atoms with Crippen molar-refractivity contribution >= 4 is 22.9 Å². The molecule has 116 valence electrons. The zero-order valence-electron chi connectivity index (χ0n) is 12.5. The van der Waals surface area contributed by atoms with E-state index in [0.29, 0.717) is 13.0 Å². The Morgan fingerprint density at radius 3 is 2.82 bits per heavy atom. The molecule has 0 aliphatic carbocycles. The third-order valence-electron chi connectivity index (χ3n) is 3.21. The standard InChI is InChI=1S/C16H19N3O3/c1-2-11-19-13-6-4-3-5-12(13)18-14(19)9-10-17-15(20)7-8-16(21)22/h3-8H,2,9-11H2,1H3,(H,17,20)(H,21,22)/b8-7+. The molecule has 2 rings (SSSR count). The van der Waals surface area contributed by atoms with Crippen LogP contribution in [0.5, 0.6) is 0 Å². The molecule has 0 fully saturated rings. The first kappa shape index (κ1) is 15.8. The van der Waals surface area contributed by atoms with Gasteiger partial charge in [0.05, 0.1) is 11.0 Å². The summed E-state index contributed by atoms with van der Waals surface area (Å²) in [4.78, 5) is 26.4. The zero-order chi connectivity index (χ0) is 15.9. The van der Waals surface area contributed by atoms with Gasteiger partial charge in [0.1, 0.15) is 5.82 Å². The molecule has 0 aliphatic heterocycles. The quantitative estimate of drug-likeness (QED) is 0.763. The van der Waals surface area contributed by atoms with E-state index < -0.39 is 11.9 Å². The molecule has 0 atom stereocenters. The van der Waals surface area contributed by atoms with Crippen LogP contribution in [0.2, 0.25) is 0 Å². The van der Waals surface area contributed by atoms with Crippen LogP contribution >= 0.6 is 0 Å². The van der Waals surface area contributed by atoms with Crippen molar-refractivity contribution in [2.24, 2.45) is 0 Å². The van der Waals surface area contributed by atoms with E-state index in [-0.39, 0.29) is 0 Å². The molecule has 0 unspecified atom stereocenters. The molecule has 0 aliphatic rings. The number of imidazole rings is 1. The van der Waals surface area contributed by atoms with Crippen molar-refractivity contribution in [1.29, 1.82) is 0 Å². The SMILES string of the molecule is CCCn1c(CCNC(=O)/C=C/C(=O)O)nc2ccccc21. The lowest BCUT2D eigenvalue weighted by Crippen LogP contribution is -2.24. The first-order valence-electron chi connectivity index (χ1n) is 7.24. The number of fused-ring (bicyclic) bond motifs is 1. The van der Waals surface area contributed by atoms with Gasteiger partial charge in [-0.1, -0.05) is 19.1 Å². The number of carboxylic acid groups (broad SMARTS) is 1. The highest BCUT2D eigenvalue weighted by Gasteiger charge is 2.09. The number of carboxylic acids is 1. The molecule has 6 nitrogen and oxygen atoms in total. The predicted octanol–water partition coefficient (Wildman–Crippen LogP) is 1.75. The van der Waals surface area contributed by atoms with Crippen molar-refractivity contribution in [3.8, 4) is 0 Å². The van der Waals surface area contributed by atoms with Crippen molar-refractivity contribution in [3.63, 3.8) is 0 Å². The summed E-state index contributed by atoms with van der Waals surface area (Å²) in [5.74, 6) is -0.633. The van der Waals surface area contributed by atoms with Crippen LogP contribution in [-0.4, -0.2) is 33.1 Å². The number of nitrogens with zero attached hydrogens (tertiary/aromatic N) is 2. The van der Waals surface area contributed by atoms with Crippen molar-refractivity contribution in [2.75, 3.05) is 6.54 Å². The van der Waals surface area contributed by atoms with Crippen molar-refractivity contribution in [3.05, 3.63) is 42.2 Å². The molecule has 0 bridgehead atoms. The van der Waals surface area contributed by atoms with Gasteiger partial charge in [0, 0.05) is 31.7 Å². The van der Waals surface area contributed by atoms with Crippen molar-refractivity contribution in [2.45, 2.75) is 26.3 Å². The zero-order valence-corrected chi connectivity index (χ0v) is 12.5. The topological polar surface area (TPSA) is 84.2 Å². The highest BCUT2D eigenvalue weighted by atomic mass is 16.4. The van der Waals surface area contributed by atoms with Gasteiger partial charge in [0.25, 0.3) is 0 Å². The number of amides is 1. The summed E-state index contributed by atoms with van der Waals surface area (Å²) in [7, 11) is 0. The van der Waals surface area contributed by atoms with Crippen LogP contribution in [0.15, 0.2) is 36.4 Å². The Balaban J connectivity index is 2.03. The maximum Gasteiger partial charge on any atom is 0.328 e. The molecular weight excluding hydrogens is 282 g/mol. The molecule has 22 heavy (non-hydrogen) atoms. The normalized spacial score (nSPS) is 11.1. The number of aryl methyl sites for hydroxylation is 1. The Labute approximate surface area is 128 Å². The molecular formula is C16H19N3O3. The summed E-state index contributed by atoms with van der Waals surface area (Å²) in [6.45, 7) is 3.40. The lowest BCUT2D eigenvalue weighted by atomic mass is 10.3. The number of aliphatic carboxylic acids is 1. The molecule has 0 saturated heterocycles. The predicted molar refractivity (Wildman–Crippen MR) is 83.5 cm³/mol. The van der Waals surface area contributed by atoms with Gasteiger partial charge in [-0.05, 0) is 18.6 Å². The second-order valence-corrected chi connectivity index (χ2v) is 4.88. The van der Waals surface area contributed by atoms with E-state index in [9.17, 15) is 9.59 Å². The molecule has 2 aromatic rings. The van der Waals surface area contributed by atoms with Crippen LogP contribution < -0.4 is 5.32 Å². The second kappa shape index (κ2) is 7.40. The van der Waals surface area contributed by atoms with E-state index in [1.807, 2.05) is 24.3 Å². The number of para-hydroxylation sites is 2. The molecule has 1 amide bonds. The molecule has 1 heterocycles. The number of carbonyl (C=O) groups excluding carboxylic acids is 1. The minimum Gasteiger partial charge on any atom is -0.478 e. The van der Waals surface area contributed by atoms with Crippen LogP contribution in [0.1, 0.15) is 19.2 Å². The van der Waals surface area contributed by atoms with Gasteiger partial charge in [-0.3, -0.25) is 4.79 Å². The molecule has 0 spiro atoms. The Morgan fingerprint density at radius 1 is 1.32 bits per heavy atom. The first-order chi connectivity index (χ1) is 10.6. The first-order valence-corrected chi connectivity index (χ1v) is 7.24. The summed E-state index contributed by atoms with van der Waals surface area (Å²) in [6.07, 6.45) is 3.43. The average molecular weight is 301 g/mol. The van der Waals surface area contributed by atoms with E-state index in [0.717, 1.165) is 42.0 Å². The minimum atomic E-state index is -1.14. The summed E-state index contributed by atoms with van der Waals surface area (Å²) in [6, 6.07) is 7.95. The molecule has 0 saturated carbocycles. The number of aromatic nitrogens is 2. The van der Waals surface area contributed by atoms with Crippen LogP contribution in [0.3, 0.4) is 0 Å². The van der Waals surface area contributed by atoms with Gasteiger partial charge in [0.2, 0.25) is 5.91 Å². The molecule has 2 N–H and O–H groups in total. The maximum absolute atomic E-state index is 11.4. The van der Waals surface area contributed by atoms with Gasteiger partial charge in [-0.15, -0.1) is 0 Å². The maximum atomic E-state index is 11.4. The lowest BCUT2D eigenvalue weighted by Gasteiger charge is -2.08. The Hall–Kier alpha value is -2.63. The number of nitrogens with one attached hydrogen (secondary N) is 1. The third-order valence-corrected chi connectivity index (χ3v) is 3.21. The largest absolute Gasteiger partial charge is 0.478 e. The Morgan fingerprint density at radius 2 is 2.09 bits per heavy atom. The van der Waals surface area contributed by atoms with Crippen LogP contribution in [0, 0.1) is 0 Å². The number of carbonyl (C=O) groups is 2. The van der Waals surface area contributed by atoms with E-state index in [1.54, 1.807) is 0 Å². The Bertz CT molecular complexity index is 704. The van der Waals surface area contributed by atoms with Gasteiger partial charge >= 0.3 is 5.97 Å². The van der Waals surface area contributed by atoms with Crippen molar-refractivity contribution < 1.29 is 14.7 Å². The second-order valence-electron chi connectivity index (χ2n) is 4.88. The van der Waals surface area contributed by atoms with E-state index in [1.165, 1.54) is 0 Å². The Kier molecular flexibility index (Phi) is 5.30. The van der Waals surface area contributed by atoms with Crippen LogP contribution in [-0.2, 0) is 22.6 Å². The van der Waals surface area contributed by atoms with Crippen LogP contribution in [0.25, 0.3) is 11.0 Å². The van der Waals surface area contributed by atoms with E-state index in [2.05, 4.69) is 21.8 Å². The highest BCUT2D eigenvalue weighted by molar-refractivity contribution is 5.93. The van der Waals surface area contributed by atoms with E-state index >= 15 is 0 Å². The number of hydrogen-bond donors (Lipinski definition) is 2. The van der Waals surface area contributed by atoms with Gasteiger partial charge in [-0.2, -0.15) is 0 Å². The number of rotatable bonds is 7. The summed E-state index contributed by atoms with van der Waals surface area (Å²) >= 11 is 0. The molecule has 0 radical (unpaired) electrons.